The first-order valence-electron chi connectivity index (χ1n) is 7.33. The van der Waals surface area contributed by atoms with Gasteiger partial charge in [0.1, 0.15) is 17.3 Å². The lowest BCUT2D eigenvalue weighted by molar-refractivity contribution is 0.109. The third-order valence-electron chi connectivity index (χ3n) is 4.04. The van der Waals surface area contributed by atoms with Crippen molar-refractivity contribution < 1.29 is 4.74 Å². The van der Waals surface area contributed by atoms with Crippen molar-refractivity contribution in [1.82, 2.24) is 4.90 Å². The van der Waals surface area contributed by atoms with Crippen LogP contribution in [0.5, 0.6) is 5.75 Å². The predicted octanol–water partition coefficient (Wildman–Crippen LogP) is 2.82. The zero-order valence-corrected chi connectivity index (χ0v) is 13.2. The smallest absolute Gasteiger partial charge is 0.120 e. The molecule has 20 heavy (non-hydrogen) atoms. The second kappa shape index (κ2) is 7.04. The fourth-order valence-corrected chi connectivity index (χ4v) is 2.93. The van der Waals surface area contributed by atoms with Crippen molar-refractivity contribution >= 4 is 17.2 Å². The number of rotatable bonds is 5. The van der Waals surface area contributed by atoms with Crippen molar-refractivity contribution in [1.29, 1.82) is 0 Å². The highest BCUT2D eigenvalue weighted by molar-refractivity contribution is 7.80. The van der Waals surface area contributed by atoms with E-state index in [0.717, 1.165) is 23.8 Å². The highest BCUT2D eigenvalue weighted by Gasteiger charge is 2.22. The molecule has 0 aliphatic carbocycles. The lowest BCUT2D eigenvalue weighted by Crippen LogP contribution is -2.42. The molecule has 1 aromatic rings. The molecule has 1 heterocycles. The molecule has 2 atom stereocenters. The molecule has 1 aliphatic heterocycles. The average molecular weight is 292 g/mol. The average Bonchev–Trinajstić information content (AvgIpc) is 2.41. The van der Waals surface area contributed by atoms with Crippen LogP contribution >= 0.6 is 12.2 Å². The summed E-state index contributed by atoms with van der Waals surface area (Å²) in [6.45, 7) is 7.51. The number of benzene rings is 1. The van der Waals surface area contributed by atoms with E-state index in [2.05, 4.69) is 18.7 Å². The molecule has 2 unspecified atom stereocenters. The summed E-state index contributed by atoms with van der Waals surface area (Å²) >= 11 is 4.98. The van der Waals surface area contributed by atoms with Gasteiger partial charge in [-0.15, -0.1) is 0 Å². The maximum Gasteiger partial charge on any atom is 0.120 e. The number of likely N-dealkylation sites (tertiary alicyclic amines) is 1. The Balaban J connectivity index is 1.81. The molecule has 1 fully saturated rings. The maximum absolute atomic E-state index is 5.82. The highest BCUT2D eigenvalue weighted by atomic mass is 32.1. The third kappa shape index (κ3) is 4.18. The summed E-state index contributed by atoms with van der Waals surface area (Å²) < 4.78 is 5.82. The van der Waals surface area contributed by atoms with E-state index in [-0.39, 0.29) is 0 Å². The van der Waals surface area contributed by atoms with Crippen molar-refractivity contribution in [3.63, 3.8) is 0 Å². The monoisotopic (exact) mass is 292 g/mol. The molecule has 0 bridgehead atoms. The van der Waals surface area contributed by atoms with Crippen LogP contribution in [0.2, 0.25) is 0 Å². The number of nitrogens with two attached hydrogens (primary N) is 1. The Hall–Kier alpha value is -1.13. The molecule has 1 saturated heterocycles. The first-order valence-corrected chi connectivity index (χ1v) is 7.74. The van der Waals surface area contributed by atoms with Gasteiger partial charge in [-0.05, 0) is 44.4 Å². The second-order valence-corrected chi connectivity index (χ2v) is 6.19. The van der Waals surface area contributed by atoms with E-state index in [4.69, 9.17) is 22.7 Å². The normalized spacial score (nSPS) is 23.5. The van der Waals surface area contributed by atoms with E-state index in [1.165, 1.54) is 19.4 Å². The van der Waals surface area contributed by atoms with Crippen molar-refractivity contribution in [3.05, 3.63) is 29.8 Å². The van der Waals surface area contributed by atoms with Crippen LogP contribution in [0.3, 0.4) is 0 Å². The zero-order valence-electron chi connectivity index (χ0n) is 12.3. The van der Waals surface area contributed by atoms with E-state index in [9.17, 15) is 0 Å². The fourth-order valence-electron chi connectivity index (χ4n) is 2.81. The quantitative estimate of drug-likeness (QED) is 0.847. The van der Waals surface area contributed by atoms with Crippen LogP contribution in [0.15, 0.2) is 24.3 Å². The zero-order chi connectivity index (χ0) is 14.5. The Bertz CT molecular complexity index is 464. The van der Waals surface area contributed by atoms with Crippen molar-refractivity contribution in [2.45, 2.75) is 32.7 Å². The van der Waals surface area contributed by atoms with E-state index < -0.39 is 0 Å². The van der Waals surface area contributed by atoms with E-state index in [1.807, 2.05) is 24.3 Å². The van der Waals surface area contributed by atoms with Gasteiger partial charge in [0.15, 0.2) is 0 Å². The molecule has 1 aliphatic rings. The van der Waals surface area contributed by atoms with Gasteiger partial charge in [-0.3, -0.25) is 4.90 Å². The first-order chi connectivity index (χ1) is 9.56. The van der Waals surface area contributed by atoms with Gasteiger partial charge in [-0.2, -0.15) is 0 Å². The Morgan fingerprint density at radius 3 is 2.95 bits per heavy atom. The van der Waals surface area contributed by atoms with Crippen molar-refractivity contribution in [2.75, 3.05) is 19.7 Å². The van der Waals surface area contributed by atoms with Gasteiger partial charge in [-0.25, -0.2) is 0 Å². The topological polar surface area (TPSA) is 38.5 Å². The molecule has 2 N–H and O–H groups in total. The summed E-state index contributed by atoms with van der Waals surface area (Å²) in [5.74, 6) is 1.69. The Morgan fingerprint density at radius 2 is 2.25 bits per heavy atom. The Labute approximate surface area is 127 Å². The van der Waals surface area contributed by atoms with Crippen molar-refractivity contribution in [3.8, 4) is 5.75 Å². The number of hydrogen-bond donors (Lipinski definition) is 1. The van der Waals surface area contributed by atoms with Gasteiger partial charge in [0, 0.05) is 18.2 Å². The minimum atomic E-state index is 0.411. The van der Waals surface area contributed by atoms with Crippen LogP contribution in [0, 0.1) is 5.92 Å². The van der Waals surface area contributed by atoms with Crippen LogP contribution in [0.1, 0.15) is 32.3 Å². The molecular weight excluding hydrogens is 268 g/mol. The molecular formula is C16H24N2OS. The van der Waals surface area contributed by atoms with Crippen LogP contribution in [-0.4, -0.2) is 35.6 Å². The molecule has 4 heteroatoms. The Morgan fingerprint density at radius 1 is 1.45 bits per heavy atom. The molecule has 110 valence electrons. The maximum atomic E-state index is 5.82. The Kier molecular flexibility index (Phi) is 5.38. The van der Waals surface area contributed by atoms with Gasteiger partial charge in [0.2, 0.25) is 0 Å². The number of piperidine rings is 1. The number of thiocarbonyl (C=S) groups is 1. The standard InChI is InChI=1S/C16H24N2OS/c1-12-6-7-18(13(2)10-12)8-9-19-15-5-3-4-14(11-15)16(17)20/h3-5,11-13H,6-10H2,1-2H3,(H2,17,20). The number of ether oxygens (including phenoxy) is 1. The summed E-state index contributed by atoms with van der Waals surface area (Å²) in [4.78, 5) is 2.92. The van der Waals surface area contributed by atoms with E-state index >= 15 is 0 Å². The van der Waals surface area contributed by atoms with Crippen LogP contribution in [-0.2, 0) is 0 Å². The predicted molar refractivity (Wildman–Crippen MR) is 87.3 cm³/mol. The van der Waals surface area contributed by atoms with Gasteiger partial charge in [0.05, 0.1) is 0 Å². The fraction of sp³-hybridized carbons (Fsp3) is 0.562. The van der Waals surface area contributed by atoms with Gasteiger partial charge in [0.25, 0.3) is 0 Å². The van der Waals surface area contributed by atoms with Gasteiger partial charge < -0.3 is 10.5 Å². The number of hydrogen-bond acceptors (Lipinski definition) is 3. The van der Waals surface area contributed by atoms with Gasteiger partial charge >= 0.3 is 0 Å². The summed E-state index contributed by atoms with van der Waals surface area (Å²) in [7, 11) is 0. The summed E-state index contributed by atoms with van der Waals surface area (Å²) in [6.07, 6.45) is 2.58. The first kappa shape index (κ1) is 15.3. The summed E-state index contributed by atoms with van der Waals surface area (Å²) in [5.41, 5.74) is 6.49. The minimum absolute atomic E-state index is 0.411. The van der Waals surface area contributed by atoms with E-state index in [0.29, 0.717) is 17.6 Å². The van der Waals surface area contributed by atoms with Crippen LogP contribution < -0.4 is 10.5 Å². The van der Waals surface area contributed by atoms with E-state index in [1.54, 1.807) is 0 Å². The third-order valence-corrected chi connectivity index (χ3v) is 4.28. The molecule has 0 spiro atoms. The summed E-state index contributed by atoms with van der Waals surface area (Å²) in [6, 6.07) is 8.34. The summed E-state index contributed by atoms with van der Waals surface area (Å²) in [5, 5.41) is 0. The molecule has 0 aromatic heterocycles. The van der Waals surface area contributed by atoms with Crippen molar-refractivity contribution in [2.24, 2.45) is 11.7 Å². The molecule has 3 nitrogen and oxygen atoms in total. The minimum Gasteiger partial charge on any atom is -0.492 e. The lowest BCUT2D eigenvalue weighted by Gasteiger charge is -2.36. The molecule has 0 amide bonds. The SMILES string of the molecule is CC1CCN(CCOc2cccc(C(N)=S)c2)C(C)C1. The number of nitrogens with zero attached hydrogens (tertiary/aromatic N) is 1. The second-order valence-electron chi connectivity index (χ2n) is 5.76. The molecule has 0 saturated carbocycles. The lowest BCUT2D eigenvalue weighted by atomic mass is 9.93. The molecule has 1 aromatic carbocycles. The molecule has 2 rings (SSSR count). The molecule has 0 radical (unpaired) electrons. The highest BCUT2D eigenvalue weighted by Crippen LogP contribution is 2.21. The van der Waals surface area contributed by atoms with Crippen LogP contribution in [0.25, 0.3) is 0 Å². The van der Waals surface area contributed by atoms with Crippen LogP contribution in [0.4, 0.5) is 0 Å². The largest absolute Gasteiger partial charge is 0.492 e. The van der Waals surface area contributed by atoms with Gasteiger partial charge in [-0.1, -0.05) is 31.3 Å².